The van der Waals surface area contributed by atoms with Crippen LogP contribution in [0.4, 0.5) is 0 Å². The Labute approximate surface area is 108 Å². The smallest absolute Gasteiger partial charge is 0.237 e. The van der Waals surface area contributed by atoms with Gasteiger partial charge in [0.25, 0.3) is 0 Å². The molecule has 3 heterocycles. The van der Waals surface area contributed by atoms with Crippen molar-refractivity contribution in [2.24, 2.45) is 0 Å². The monoisotopic (exact) mass is 263 g/mol. The van der Waals surface area contributed by atoms with Gasteiger partial charge in [-0.3, -0.25) is 10.1 Å². The first-order chi connectivity index (χ1) is 8.83. The number of hydrogen-bond donors (Lipinski definition) is 3. The van der Waals surface area contributed by atoms with Gasteiger partial charge in [0.1, 0.15) is 0 Å². The zero-order valence-electron chi connectivity index (χ0n) is 9.64. The van der Waals surface area contributed by atoms with E-state index in [1.54, 1.807) is 11.8 Å². The molecule has 1 atom stereocenters. The fraction of sp³-hybridized carbons (Fsp3) is 0.364. The highest BCUT2D eigenvalue weighted by molar-refractivity contribution is 7.07. The first kappa shape index (κ1) is 11.4. The molecule has 7 heteroatoms. The van der Waals surface area contributed by atoms with Crippen molar-refractivity contribution in [1.29, 1.82) is 0 Å². The van der Waals surface area contributed by atoms with Crippen molar-refractivity contribution < 1.29 is 4.79 Å². The molecule has 1 aliphatic heterocycles. The average Bonchev–Trinajstić information content (AvgIpc) is 3.05. The summed E-state index contributed by atoms with van der Waals surface area (Å²) in [6.45, 7) is 1.14. The zero-order chi connectivity index (χ0) is 12.4. The van der Waals surface area contributed by atoms with E-state index in [2.05, 4.69) is 25.6 Å². The number of nitrogens with one attached hydrogen (secondary N) is 3. The van der Waals surface area contributed by atoms with Crippen LogP contribution in [0.5, 0.6) is 0 Å². The average molecular weight is 263 g/mol. The fourth-order valence-electron chi connectivity index (χ4n) is 1.98. The van der Waals surface area contributed by atoms with Crippen LogP contribution in [-0.4, -0.2) is 26.9 Å². The van der Waals surface area contributed by atoms with Crippen LogP contribution < -0.4 is 10.6 Å². The van der Waals surface area contributed by atoms with Crippen molar-refractivity contribution in [2.75, 3.05) is 0 Å². The number of nitrogens with zero attached hydrogens (tertiary/aromatic N) is 2. The summed E-state index contributed by atoms with van der Waals surface area (Å²) in [6, 6.07) is -0.209. The summed E-state index contributed by atoms with van der Waals surface area (Å²) in [6.07, 6.45) is 2.30. The summed E-state index contributed by atoms with van der Waals surface area (Å²) in [5.41, 5.74) is 4.70. The molecule has 18 heavy (non-hydrogen) atoms. The molecule has 0 fully saturated rings. The van der Waals surface area contributed by atoms with Crippen molar-refractivity contribution >= 4 is 17.2 Å². The highest BCUT2D eigenvalue weighted by atomic mass is 32.1. The molecule has 1 aliphatic rings. The molecule has 0 spiro atoms. The fourth-order valence-corrected chi connectivity index (χ4v) is 2.54. The predicted octanol–water partition coefficient (Wildman–Crippen LogP) is 0.197. The lowest BCUT2D eigenvalue weighted by molar-refractivity contribution is -0.123. The van der Waals surface area contributed by atoms with E-state index in [0.717, 1.165) is 17.1 Å². The number of amides is 1. The Morgan fingerprint density at radius 3 is 3.33 bits per heavy atom. The van der Waals surface area contributed by atoms with Gasteiger partial charge in [0.15, 0.2) is 0 Å². The van der Waals surface area contributed by atoms with Crippen LogP contribution in [-0.2, 0) is 24.3 Å². The SMILES string of the molecule is O=C(NCc1cscn1)C1Cc2nc[nH]c2CN1. The molecular weight excluding hydrogens is 250 g/mol. The molecule has 2 aromatic heterocycles. The van der Waals surface area contributed by atoms with Crippen molar-refractivity contribution in [3.05, 3.63) is 34.3 Å². The lowest BCUT2D eigenvalue weighted by atomic mass is 10.0. The van der Waals surface area contributed by atoms with Crippen LogP contribution in [0.25, 0.3) is 0 Å². The van der Waals surface area contributed by atoms with Crippen LogP contribution >= 0.6 is 11.3 Å². The molecule has 6 nitrogen and oxygen atoms in total. The summed E-state index contributed by atoms with van der Waals surface area (Å²) in [4.78, 5) is 23.4. The summed E-state index contributed by atoms with van der Waals surface area (Å²) in [5.74, 6) is -0.00310. The summed E-state index contributed by atoms with van der Waals surface area (Å²) < 4.78 is 0. The highest BCUT2D eigenvalue weighted by Gasteiger charge is 2.25. The lowest BCUT2D eigenvalue weighted by Gasteiger charge is -2.22. The van der Waals surface area contributed by atoms with Crippen LogP contribution in [0.15, 0.2) is 17.2 Å². The molecule has 0 aliphatic carbocycles. The number of H-pyrrole nitrogens is 1. The summed E-state index contributed by atoms with van der Waals surface area (Å²) in [5, 5.41) is 8.00. The molecule has 0 saturated carbocycles. The van der Waals surface area contributed by atoms with E-state index in [0.29, 0.717) is 19.5 Å². The maximum Gasteiger partial charge on any atom is 0.237 e. The van der Waals surface area contributed by atoms with Crippen LogP contribution in [0.1, 0.15) is 17.1 Å². The number of hydrogen-bond acceptors (Lipinski definition) is 5. The van der Waals surface area contributed by atoms with Gasteiger partial charge in [-0.05, 0) is 0 Å². The van der Waals surface area contributed by atoms with Gasteiger partial charge in [-0.25, -0.2) is 9.97 Å². The van der Waals surface area contributed by atoms with E-state index in [9.17, 15) is 4.79 Å². The second kappa shape index (κ2) is 4.87. The molecule has 3 rings (SSSR count). The quantitative estimate of drug-likeness (QED) is 0.738. The molecule has 0 radical (unpaired) electrons. The van der Waals surface area contributed by atoms with Gasteiger partial charge in [0.05, 0.1) is 41.5 Å². The Morgan fingerprint density at radius 1 is 1.56 bits per heavy atom. The Morgan fingerprint density at radius 2 is 2.50 bits per heavy atom. The maximum atomic E-state index is 12.0. The molecular formula is C11H13N5OS. The Kier molecular flexibility index (Phi) is 3.07. The van der Waals surface area contributed by atoms with E-state index >= 15 is 0 Å². The molecule has 1 amide bonds. The second-order valence-corrected chi connectivity index (χ2v) is 4.88. The molecule has 0 saturated heterocycles. The van der Waals surface area contributed by atoms with Gasteiger partial charge >= 0.3 is 0 Å². The highest BCUT2D eigenvalue weighted by Crippen LogP contribution is 2.12. The number of aromatic nitrogens is 3. The Hall–Kier alpha value is -1.73. The minimum Gasteiger partial charge on any atom is -0.349 e. The summed E-state index contributed by atoms with van der Waals surface area (Å²) >= 11 is 1.53. The zero-order valence-corrected chi connectivity index (χ0v) is 10.5. The number of aromatic amines is 1. The third kappa shape index (κ3) is 2.27. The van der Waals surface area contributed by atoms with Crippen molar-refractivity contribution in [3.63, 3.8) is 0 Å². The van der Waals surface area contributed by atoms with Gasteiger partial charge in [-0.15, -0.1) is 11.3 Å². The topological polar surface area (TPSA) is 82.7 Å². The number of fused-ring (bicyclic) bond motifs is 1. The molecule has 2 aromatic rings. The lowest BCUT2D eigenvalue weighted by Crippen LogP contribution is -2.47. The van der Waals surface area contributed by atoms with Gasteiger partial charge in [-0.2, -0.15) is 0 Å². The van der Waals surface area contributed by atoms with Crippen molar-refractivity contribution in [2.45, 2.75) is 25.6 Å². The van der Waals surface area contributed by atoms with Crippen molar-refractivity contribution in [3.8, 4) is 0 Å². The minimum absolute atomic E-state index is 0.00310. The van der Waals surface area contributed by atoms with Gasteiger partial charge in [-0.1, -0.05) is 0 Å². The molecule has 0 bridgehead atoms. The van der Waals surface area contributed by atoms with E-state index < -0.39 is 0 Å². The van der Waals surface area contributed by atoms with E-state index in [1.165, 1.54) is 11.3 Å². The van der Waals surface area contributed by atoms with Gasteiger partial charge < -0.3 is 10.3 Å². The van der Waals surface area contributed by atoms with Crippen LogP contribution in [0, 0.1) is 0 Å². The molecule has 1 unspecified atom stereocenters. The Balaban J connectivity index is 1.57. The molecule has 3 N–H and O–H groups in total. The maximum absolute atomic E-state index is 12.0. The number of imidazole rings is 1. The van der Waals surface area contributed by atoms with E-state index in [4.69, 9.17) is 0 Å². The number of carbonyl (C=O) groups excluding carboxylic acids is 1. The number of rotatable bonds is 3. The van der Waals surface area contributed by atoms with E-state index in [1.807, 2.05) is 5.38 Å². The second-order valence-electron chi connectivity index (χ2n) is 4.16. The number of carbonyl (C=O) groups is 1. The van der Waals surface area contributed by atoms with Crippen LogP contribution in [0.3, 0.4) is 0 Å². The van der Waals surface area contributed by atoms with Gasteiger partial charge in [0, 0.05) is 18.3 Å². The molecule has 94 valence electrons. The van der Waals surface area contributed by atoms with Crippen LogP contribution in [0.2, 0.25) is 0 Å². The standard InChI is InChI=1S/C11H13N5OS/c17-11(13-2-7-4-18-6-16-7)9-1-8-10(3-12-9)15-5-14-8/h4-6,9,12H,1-3H2,(H,13,17)(H,14,15). The molecule has 0 aromatic carbocycles. The number of thiazole rings is 1. The van der Waals surface area contributed by atoms with E-state index in [-0.39, 0.29) is 11.9 Å². The third-order valence-corrected chi connectivity index (χ3v) is 3.61. The van der Waals surface area contributed by atoms with Gasteiger partial charge in [0.2, 0.25) is 5.91 Å². The predicted molar refractivity (Wildman–Crippen MR) is 66.9 cm³/mol. The minimum atomic E-state index is -0.209. The van der Waals surface area contributed by atoms with Crippen molar-refractivity contribution in [1.82, 2.24) is 25.6 Å². The third-order valence-electron chi connectivity index (χ3n) is 2.97. The summed E-state index contributed by atoms with van der Waals surface area (Å²) in [7, 11) is 0. The largest absolute Gasteiger partial charge is 0.349 e. The normalized spacial score (nSPS) is 18.3. The first-order valence-corrected chi connectivity index (χ1v) is 6.66. The Bertz CT molecular complexity index is 535. The first-order valence-electron chi connectivity index (χ1n) is 5.72.